The van der Waals surface area contributed by atoms with Gasteiger partial charge in [0.05, 0.1) is 0 Å². The number of rotatable bonds is 8. The monoisotopic (exact) mass is 436 g/mol. The minimum Gasteiger partial charge on any atom is -0.484 e. The van der Waals surface area contributed by atoms with Gasteiger partial charge < -0.3 is 15.4 Å². The predicted octanol–water partition coefficient (Wildman–Crippen LogP) is 6.12. The van der Waals surface area contributed by atoms with Gasteiger partial charge in [0.2, 0.25) is 0 Å². The van der Waals surface area contributed by atoms with Gasteiger partial charge in [-0.3, -0.25) is 9.59 Å². The Labute approximate surface area is 187 Å². The average molecular weight is 437 g/mol. The second-order valence-corrected chi connectivity index (χ2v) is 7.70. The summed E-state index contributed by atoms with van der Waals surface area (Å²) >= 11 is 5.94. The third-order valence-electron chi connectivity index (χ3n) is 4.92. The fourth-order valence-electron chi connectivity index (χ4n) is 2.98. The van der Waals surface area contributed by atoms with Crippen LogP contribution in [0.5, 0.6) is 5.75 Å². The number of anilines is 2. The van der Waals surface area contributed by atoms with E-state index in [-0.39, 0.29) is 18.4 Å². The summed E-state index contributed by atoms with van der Waals surface area (Å²) < 4.78 is 5.58. The van der Waals surface area contributed by atoms with Gasteiger partial charge in [0.25, 0.3) is 11.8 Å². The molecular formula is C25H25ClN2O3. The molecule has 6 heteroatoms. The van der Waals surface area contributed by atoms with E-state index < -0.39 is 0 Å². The van der Waals surface area contributed by atoms with E-state index >= 15 is 0 Å². The number of halogens is 1. The molecule has 0 saturated heterocycles. The van der Waals surface area contributed by atoms with Crippen LogP contribution in [0.2, 0.25) is 5.02 Å². The summed E-state index contributed by atoms with van der Waals surface area (Å²) in [5.41, 5.74) is 2.82. The largest absolute Gasteiger partial charge is 0.484 e. The molecule has 3 rings (SSSR count). The molecule has 0 bridgehead atoms. The van der Waals surface area contributed by atoms with Crippen LogP contribution in [0.15, 0.2) is 72.8 Å². The number of carbonyl (C=O) groups is 2. The van der Waals surface area contributed by atoms with Crippen molar-refractivity contribution in [3.05, 3.63) is 88.9 Å². The third-order valence-corrected chi connectivity index (χ3v) is 5.16. The molecule has 2 N–H and O–H groups in total. The molecule has 0 radical (unpaired) electrons. The molecule has 0 aliphatic heterocycles. The summed E-state index contributed by atoms with van der Waals surface area (Å²) in [6.45, 7) is 4.22. The molecule has 0 spiro atoms. The molecular weight excluding hydrogens is 412 g/mol. The van der Waals surface area contributed by atoms with E-state index in [4.69, 9.17) is 16.3 Å². The normalized spacial score (nSPS) is 11.5. The summed E-state index contributed by atoms with van der Waals surface area (Å²) in [5, 5.41) is 6.06. The van der Waals surface area contributed by atoms with E-state index in [2.05, 4.69) is 24.5 Å². The van der Waals surface area contributed by atoms with E-state index in [9.17, 15) is 9.59 Å². The molecule has 3 aromatic carbocycles. The zero-order valence-electron chi connectivity index (χ0n) is 17.5. The average Bonchev–Trinajstić information content (AvgIpc) is 2.77. The van der Waals surface area contributed by atoms with E-state index in [0.717, 1.165) is 6.42 Å². The Balaban J connectivity index is 1.54. The highest BCUT2D eigenvalue weighted by atomic mass is 35.5. The number of nitrogens with one attached hydrogen (secondary N) is 2. The lowest BCUT2D eigenvalue weighted by Crippen LogP contribution is -2.20. The van der Waals surface area contributed by atoms with Crippen molar-refractivity contribution in [3.8, 4) is 5.75 Å². The van der Waals surface area contributed by atoms with Crippen LogP contribution in [0.1, 0.15) is 42.1 Å². The zero-order chi connectivity index (χ0) is 22.2. The maximum Gasteiger partial charge on any atom is 0.262 e. The smallest absolute Gasteiger partial charge is 0.262 e. The fourth-order valence-corrected chi connectivity index (χ4v) is 3.17. The Morgan fingerprint density at radius 3 is 2.29 bits per heavy atom. The van der Waals surface area contributed by atoms with Crippen molar-refractivity contribution in [1.82, 2.24) is 0 Å². The van der Waals surface area contributed by atoms with Gasteiger partial charge in [0.1, 0.15) is 5.75 Å². The van der Waals surface area contributed by atoms with Gasteiger partial charge in [0.15, 0.2) is 6.61 Å². The van der Waals surface area contributed by atoms with E-state index in [1.165, 1.54) is 5.56 Å². The highest BCUT2D eigenvalue weighted by Gasteiger charge is 2.09. The first-order chi connectivity index (χ1) is 14.9. The highest BCUT2D eigenvalue weighted by Crippen LogP contribution is 2.22. The maximum atomic E-state index is 12.4. The summed E-state index contributed by atoms with van der Waals surface area (Å²) in [7, 11) is 0. The van der Waals surface area contributed by atoms with Crippen molar-refractivity contribution >= 4 is 34.8 Å². The third kappa shape index (κ3) is 6.59. The zero-order valence-corrected chi connectivity index (χ0v) is 18.3. The molecule has 0 fully saturated rings. The Kier molecular flexibility index (Phi) is 7.68. The van der Waals surface area contributed by atoms with Crippen molar-refractivity contribution in [2.24, 2.45) is 0 Å². The quantitative estimate of drug-likeness (QED) is 0.446. The summed E-state index contributed by atoms with van der Waals surface area (Å²) in [4.78, 5) is 24.6. The van der Waals surface area contributed by atoms with Crippen LogP contribution in [0, 0.1) is 0 Å². The van der Waals surface area contributed by atoms with Crippen molar-refractivity contribution in [2.75, 3.05) is 17.2 Å². The van der Waals surface area contributed by atoms with Gasteiger partial charge in [-0.15, -0.1) is 0 Å². The van der Waals surface area contributed by atoms with Crippen LogP contribution in [-0.4, -0.2) is 18.4 Å². The van der Waals surface area contributed by atoms with Crippen LogP contribution in [0.3, 0.4) is 0 Å². The van der Waals surface area contributed by atoms with Crippen molar-refractivity contribution < 1.29 is 14.3 Å². The van der Waals surface area contributed by atoms with Gasteiger partial charge in [-0.05, 0) is 66.4 Å². The Morgan fingerprint density at radius 1 is 0.935 bits per heavy atom. The molecule has 0 aromatic heterocycles. The fraction of sp³-hybridized carbons (Fsp3) is 0.200. The molecule has 0 aliphatic carbocycles. The van der Waals surface area contributed by atoms with Crippen LogP contribution in [0.25, 0.3) is 0 Å². The molecule has 31 heavy (non-hydrogen) atoms. The summed E-state index contributed by atoms with van der Waals surface area (Å²) in [5.74, 6) is 0.563. The lowest BCUT2D eigenvalue weighted by Gasteiger charge is -2.11. The Bertz CT molecular complexity index is 1050. The first-order valence-corrected chi connectivity index (χ1v) is 10.5. The number of carbonyl (C=O) groups excluding carboxylic acids is 2. The number of amides is 2. The van der Waals surface area contributed by atoms with Gasteiger partial charge in [-0.1, -0.05) is 49.7 Å². The highest BCUT2D eigenvalue weighted by molar-refractivity contribution is 6.31. The topological polar surface area (TPSA) is 67.4 Å². The second-order valence-electron chi connectivity index (χ2n) is 7.26. The van der Waals surface area contributed by atoms with Crippen molar-refractivity contribution in [3.63, 3.8) is 0 Å². The molecule has 1 unspecified atom stereocenters. The van der Waals surface area contributed by atoms with Gasteiger partial charge >= 0.3 is 0 Å². The Hall–Kier alpha value is -3.31. The van der Waals surface area contributed by atoms with Gasteiger partial charge in [-0.25, -0.2) is 0 Å². The lowest BCUT2D eigenvalue weighted by atomic mass is 9.99. The van der Waals surface area contributed by atoms with E-state index in [1.807, 2.05) is 24.3 Å². The number of hydrogen-bond acceptors (Lipinski definition) is 3. The van der Waals surface area contributed by atoms with Crippen LogP contribution in [0.4, 0.5) is 11.4 Å². The number of ether oxygens (including phenoxy) is 1. The summed E-state index contributed by atoms with van der Waals surface area (Å²) in [6.07, 6.45) is 1.07. The molecule has 160 valence electrons. The van der Waals surface area contributed by atoms with Crippen molar-refractivity contribution in [1.29, 1.82) is 0 Å². The van der Waals surface area contributed by atoms with Gasteiger partial charge in [0, 0.05) is 22.0 Å². The Morgan fingerprint density at radius 2 is 1.61 bits per heavy atom. The van der Waals surface area contributed by atoms with Crippen LogP contribution < -0.4 is 15.4 Å². The maximum absolute atomic E-state index is 12.4. The standard InChI is InChI=1S/C25H25ClN2O3/c1-3-17(2)18-10-12-23(13-11-18)31-16-24(29)27-21-8-5-9-22(15-21)28-25(30)19-6-4-7-20(26)14-19/h4-15,17H,3,16H2,1-2H3,(H,27,29)(H,28,30). The lowest BCUT2D eigenvalue weighted by molar-refractivity contribution is -0.118. The molecule has 0 saturated carbocycles. The number of hydrogen-bond donors (Lipinski definition) is 2. The van der Waals surface area contributed by atoms with E-state index in [1.54, 1.807) is 48.5 Å². The molecule has 2 amide bonds. The molecule has 0 heterocycles. The van der Waals surface area contributed by atoms with E-state index in [0.29, 0.717) is 33.6 Å². The molecule has 3 aromatic rings. The summed E-state index contributed by atoms with van der Waals surface area (Å²) in [6, 6.07) is 21.4. The second kappa shape index (κ2) is 10.6. The number of benzene rings is 3. The van der Waals surface area contributed by atoms with Crippen molar-refractivity contribution in [2.45, 2.75) is 26.2 Å². The molecule has 1 atom stereocenters. The van der Waals surface area contributed by atoms with Crippen LogP contribution in [-0.2, 0) is 4.79 Å². The molecule has 5 nitrogen and oxygen atoms in total. The minimum atomic E-state index is -0.288. The van der Waals surface area contributed by atoms with Gasteiger partial charge in [-0.2, -0.15) is 0 Å². The first-order valence-electron chi connectivity index (χ1n) is 10.1. The predicted molar refractivity (Wildman–Crippen MR) is 125 cm³/mol. The molecule has 0 aliphatic rings. The van der Waals surface area contributed by atoms with Crippen LogP contribution >= 0.6 is 11.6 Å². The first kappa shape index (κ1) is 22.4. The minimum absolute atomic E-state index is 0.109. The SMILES string of the molecule is CCC(C)c1ccc(OCC(=O)Nc2cccc(NC(=O)c3cccc(Cl)c3)c2)cc1.